The van der Waals surface area contributed by atoms with Gasteiger partial charge in [-0.1, -0.05) is 6.07 Å². The summed E-state index contributed by atoms with van der Waals surface area (Å²) >= 11 is 0. The molecule has 1 aromatic rings. The van der Waals surface area contributed by atoms with Gasteiger partial charge in [0.15, 0.2) is 0 Å². The van der Waals surface area contributed by atoms with E-state index in [2.05, 4.69) is 16.0 Å². The Labute approximate surface area is 128 Å². The van der Waals surface area contributed by atoms with Gasteiger partial charge in [0.1, 0.15) is 6.10 Å². The van der Waals surface area contributed by atoms with Crippen LogP contribution in [0, 0.1) is 0 Å². The Bertz CT molecular complexity index is 568. The Morgan fingerprint density at radius 2 is 1.95 bits per heavy atom. The molecule has 0 aliphatic carbocycles. The first kappa shape index (κ1) is 16.0. The fourth-order valence-corrected chi connectivity index (χ4v) is 2.15. The minimum Gasteiger partial charge on any atom is -0.368 e. The lowest BCUT2D eigenvalue weighted by Crippen LogP contribution is -2.39. The Kier molecular flexibility index (Phi) is 5.48. The molecule has 1 fully saturated rings. The predicted octanol–water partition coefficient (Wildman–Crippen LogP) is 0.879. The van der Waals surface area contributed by atoms with Gasteiger partial charge in [-0.25, -0.2) is 0 Å². The Morgan fingerprint density at radius 3 is 2.59 bits per heavy atom. The van der Waals surface area contributed by atoms with Crippen molar-refractivity contribution in [3.05, 3.63) is 24.3 Å². The number of ether oxygens (including phenoxy) is 1. The molecule has 7 nitrogen and oxygen atoms in total. The summed E-state index contributed by atoms with van der Waals surface area (Å²) in [6.45, 7) is 1.87. The summed E-state index contributed by atoms with van der Waals surface area (Å²) in [4.78, 5) is 34.5. The molecule has 1 aliphatic heterocycles. The van der Waals surface area contributed by atoms with Gasteiger partial charge in [-0.15, -0.1) is 0 Å². The van der Waals surface area contributed by atoms with E-state index in [9.17, 15) is 14.4 Å². The van der Waals surface area contributed by atoms with E-state index in [0.717, 1.165) is 6.42 Å². The summed E-state index contributed by atoms with van der Waals surface area (Å²) in [6.07, 6.45) is 1.10. The van der Waals surface area contributed by atoms with Crippen LogP contribution in [0.1, 0.15) is 19.8 Å². The van der Waals surface area contributed by atoms with Crippen molar-refractivity contribution in [1.29, 1.82) is 0 Å². The molecule has 0 saturated carbocycles. The smallest absolute Gasteiger partial charge is 0.249 e. The fourth-order valence-electron chi connectivity index (χ4n) is 2.15. The van der Waals surface area contributed by atoms with Gasteiger partial charge in [0.2, 0.25) is 17.7 Å². The van der Waals surface area contributed by atoms with Crippen LogP contribution in [0.2, 0.25) is 0 Å². The third kappa shape index (κ3) is 4.85. The van der Waals surface area contributed by atoms with Crippen LogP contribution in [-0.4, -0.2) is 37.0 Å². The van der Waals surface area contributed by atoms with Crippen LogP contribution in [-0.2, 0) is 19.1 Å². The van der Waals surface area contributed by atoms with Crippen molar-refractivity contribution >= 4 is 29.1 Å². The fraction of sp³-hybridized carbons (Fsp3) is 0.400. The Balaban J connectivity index is 1.81. The van der Waals surface area contributed by atoms with Crippen molar-refractivity contribution in [3.8, 4) is 0 Å². The first-order valence-electron chi connectivity index (χ1n) is 7.11. The molecule has 118 valence electrons. The van der Waals surface area contributed by atoms with Crippen molar-refractivity contribution in [2.24, 2.45) is 0 Å². The zero-order valence-corrected chi connectivity index (χ0v) is 12.3. The average Bonchev–Trinajstić information content (AvgIpc) is 2.98. The largest absolute Gasteiger partial charge is 0.368 e. The van der Waals surface area contributed by atoms with Crippen LogP contribution in [0.3, 0.4) is 0 Å². The van der Waals surface area contributed by atoms with Crippen LogP contribution in [0.25, 0.3) is 0 Å². The van der Waals surface area contributed by atoms with E-state index in [4.69, 9.17) is 4.74 Å². The second-order valence-corrected chi connectivity index (χ2v) is 5.03. The second-order valence-electron chi connectivity index (χ2n) is 5.03. The standard InChI is InChI=1S/C15H19N3O4/c1-10(19)17-11-4-2-5-12(8-11)18-14(20)9-16-15(21)13-6-3-7-22-13/h2,4-5,8,13H,3,6-7,9H2,1H3,(H,16,21)(H,17,19)(H,18,20). The van der Waals surface area contributed by atoms with E-state index in [-0.39, 0.29) is 24.3 Å². The highest BCUT2D eigenvalue weighted by Gasteiger charge is 2.23. The summed E-state index contributed by atoms with van der Waals surface area (Å²) in [7, 11) is 0. The molecular formula is C15H19N3O4. The molecule has 3 N–H and O–H groups in total. The van der Waals surface area contributed by atoms with Crippen molar-refractivity contribution in [1.82, 2.24) is 5.32 Å². The zero-order valence-electron chi connectivity index (χ0n) is 12.3. The van der Waals surface area contributed by atoms with Gasteiger partial charge >= 0.3 is 0 Å². The van der Waals surface area contributed by atoms with Crippen molar-refractivity contribution in [2.45, 2.75) is 25.9 Å². The van der Waals surface area contributed by atoms with Gasteiger partial charge in [0.05, 0.1) is 6.54 Å². The van der Waals surface area contributed by atoms with E-state index >= 15 is 0 Å². The lowest BCUT2D eigenvalue weighted by Gasteiger charge is -2.11. The highest BCUT2D eigenvalue weighted by molar-refractivity contribution is 5.96. The van der Waals surface area contributed by atoms with Crippen LogP contribution >= 0.6 is 0 Å². The molecule has 1 unspecified atom stereocenters. The summed E-state index contributed by atoms with van der Waals surface area (Å²) < 4.78 is 5.23. The number of nitrogens with one attached hydrogen (secondary N) is 3. The molecule has 22 heavy (non-hydrogen) atoms. The molecule has 1 aliphatic rings. The highest BCUT2D eigenvalue weighted by atomic mass is 16.5. The third-order valence-electron chi connectivity index (χ3n) is 3.11. The Hall–Kier alpha value is -2.41. The van der Waals surface area contributed by atoms with E-state index in [1.165, 1.54) is 6.92 Å². The topological polar surface area (TPSA) is 96.5 Å². The normalized spacial score (nSPS) is 16.9. The number of anilines is 2. The van der Waals surface area contributed by atoms with Gasteiger partial charge in [-0.3, -0.25) is 14.4 Å². The van der Waals surface area contributed by atoms with Crippen molar-refractivity contribution in [3.63, 3.8) is 0 Å². The third-order valence-corrected chi connectivity index (χ3v) is 3.11. The van der Waals surface area contributed by atoms with Gasteiger partial charge in [0.25, 0.3) is 0 Å². The number of carbonyl (C=O) groups is 3. The molecule has 3 amide bonds. The minimum absolute atomic E-state index is 0.122. The summed E-state index contributed by atoms with van der Waals surface area (Å²) in [5, 5.41) is 7.83. The zero-order chi connectivity index (χ0) is 15.9. The number of hydrogen-bond acceptors (Lipinski definition) is 4. The second kappa shape index (κ2) is 7.56. The van der Waals surface area contributed by atoms with Gasteiger partial charge in [-0.05, 0) is 31.0 Å². The first-order chi connectivity index (χ1) is 10.5. The van der Waals surface area contributed by atoms with Crippen molar-refractivity contribution in [2.75, 3.05) is 23.8 Å². The highest BCUT2D eigenvalue weighted by Crippen LogP contribution is 2.15. The average molecular weight is 305 g/mol. The number of hydrogen-bond donors (Lipinski definition) is 3. The monoisotopic (exact) mass is 305 g/mol. The first-order valence-corrected chi connectivity index (χ1v) is 7.11. The molecule has 0 radical (unpaired) electrons. The van der Waals surface area contributed by atoms with Crippen molar-refractivity contribution < 1.29 is 19.1 Å². The van der Waals surface area contributed by atoms with Crippen LogP contribution in [0.15, 0.2) is 24.3 Å². The molecule has 0 spiro atoms. The minimum atomic E-state index is -0.448. The molecule has 1 aromatic carbocycles. The van der Waals surface area contributed by atoms with E-state index < -0.39 is 6.10 Å². The molecular weight excluding hydrogens is 286 g/mol. The van der Waals surface area contributed by atoms with Crippen LogP contribution in [0.5, 0.6) is 0 Å². The maximum Gasteiger partial charge on any atom is 0.249 e. The molecule has 1 heterocycles. The maximum atomic E-state index is 11.8. The number of benzene rings is 1. The lowest BCUT2D eigenvalue weighted by atomic mass is 10.2. The van der Waals surface area contributed by atoms with Crippen LogP contribution < -0.4 is 16.0 Å². The van der Waals surface area contributed by atoms with Gasteiger partial charge < -0.3 is 20.7 Å². The molecule has 0 bridgehead atoms. The summed E-state index contributed by atoms with van der Waals surface area (Å²) in [5.74, 6) is -0.793. The molecule has 1 saturated heterocycles. The Morgan fingerprint density at radius 1 is 1.23 bits per heavy atom. The number of carbonyl (C=O) groups excluding carboxylic acids is 3. The van der Waals surface area contributed by atoms with E-state index in [1.807, 2.05) is 0 Å². The van der Waals surface area contributed by atoms with E-state index in [0.29, 0.717) is 24.4 Å². The number of rotatable bonds is 5. The van der Waals surface area contributed by atoms with E-state index in [1.54, 1.807) is 24.3 Å². The molecule has 0 aromatic heterocycles. The number of amides is 3. The SMILES string of the molecule is CC(=O)Nc1cccc(NC(=O)CNC(=O)C2CCCO2)c1. The lowest BCUT2D eigenvalue weighted by molar-refractivity contribution is -0.131. The predicted molar refractivity (Wildman–Crippen MR) is 81.4 cm³/mol. The van der Waals surface area contributed by atoms with Gasteiger partial charge in [0, 0.05) is 24.9 Å². The van der Waals surface area contributed by atoms with Crippen LogP contribution in [0.4, 0.5) is 11.4 Å². The van der Waals surface area contributed by atoms with Gasteiger partial charge in [-0.2, -0.15) is 0 Å². The maximum absolute atomic E-state index is 11.8. The molecule has 1 atom stereocenters. The molecule has 7 heteroatoms. The summed E-state index contributed by atoms with van der Waals surface area (Å²) in [5.41, 5.74) is 1.14. The molecule has 2 rings (SSSR count). The quantitative estimate of drug-likeness (QED) is 0.752. The summed E-state index contributed by atoms with van der Waals surface area (Å²) in [6, 6.07) is 6.77.